The summed E-state index contributed by atoms with van der Waals surface area (Å²) < 4.78 is 0. The topological polar surface area (TPSA) is 114 Å². The highest BCUT2D eigenvalue weighted by Crippen LogP contribution is 2.15. The average molecular weight is 477 g/mol. The minimum Gasteiger partial charge on any atom is -0.339 e. The Kier molecular flexibility index (Phi) is 8.93. The van der Waals surface area contributed by atoms with Crippen molar-refractivity contribution in [2.24, 2.45) is 5.10 Å². The predicted octanol–water partition coefficient (Wildman–Crippen LogP) is 4.17. The van der Waals surface area contributed by atoms with Gasteiger partial charge in [-0.15, -0.1) is 0 Å². The lowest BCUT2D eigenvalue weighted by Gasteiger charge is -2.17. The smallest absolute Gasteiger partial charge is 0.269 e. The largest absolute Gasteiger partial charge is 0.339 e. The van der Waals surface area contributed by atoms with Crippen LogP contribution in [0.3, 0.4) is 0 Å². The molecule has 0 spiro atoms. The van der Waals surface area contributed by atoms with Gasteiger partial charge in [-0.25, -0.2) is 5.43 Å². The number of thioether (sulfide) groups is 1. The van der Waals surface area contributed by atoms with Crippen LogP contribution in [0, 0.1) is 10.1 Å². The molecule has 1 atom stereocenters. The summed E-state index contributed by atoms with van der Waals surface area (Å²) >= 11 is 1.50. The molecule has 2 N–H and O–H groups in total. The van der Waals surface area contributed by atoms with Gasteiger partial charge >= 0.3 is 0 Å². The van der Waals surface area contributed by atoms with Crippen molar-refractivity contribution in [2.45, 2.75) is 18.7 Å². The minimum absolute atomic E-state index is 0.116. The molecule has 0 aromatic heterocycles. The fourth-order valence-corrected chi connectivity index (χ4v) is 4.01. The molecular weight excluding hydrogens is 452 g/mol. The van der Waals surface area contributed by atoms with Crippen LogP contribution in [0.4, 0.5) is 5.69 Å². The number of amides is 2. The van der Waals surface area contributed by atoms with Gasteiger partial charge in [0.25, 0.3) is 17.5 Å². The number of hydrogen-bond acceptors (Lipinski definition) is 6. The number of hydrogen-bond donors (Lipinski definition) is 2. The van der Waals surface area contributed by atoms with E-state index >= 15 is 0 Å². The highest BCUT2D eigenvalue weighted by atomic mass is 32.2. The Bertz CT molecular complexity index is 1150. The van der Waals surface area contributed by atoms with Crippen molar-refractivity contribution in [3.63, 3.8) is 0 Å². The Morgan fingerprint density at radius 2 is 1.56 bits per heavy atom. The Balaban J connectivity index is 1.69. The van der Waals surface area contributed by atoms with Crippen LogP contribution in [0.5, 0.6) is 0 Å². The minimum atomic E-state index is -0.858. The first-order valence-electron chi connectivity index (χ1n) is 10.5. The van der Waals surface area contributed by atoms with Gasteiger partial charge in [0.05, 0.1) is 10.6 Å². The number of nitrogens with zero attached hydrogens (tertiary/aromatic N) is 2. The van der Waals surface area contributed by atoms with Crippen LogP contribution in [0.2, 0.25) is 0 Å². The molecule has 0 saturated carbocycles. The lowest BCUT2D eigenvalue weighted by molar-refractivity contribution is -0.384. The molecule has 2 amide bonds. The van der Waals surface area contributed by atoms with E-state index in [1.54, 1.807) is 6.92 Å². The second kappa shape index (κ2) is 12.3. The third-order valence-corrected chi connectivity index (χ3v) is 5.99. The van der Waals surface area contributed by atoms with Crippen molar-refractivity contribution in [1.82, 2.24) is 10.7 Å². The number of nitrogens with one attached hydrogen (secondary N) is 2. The van der Waals surface area contributed by atoms with Crippen molar-refractivity contribution in [1.29, 1.82) is 0 Å². The van der Waals surface area contributed by atoms with Crippen molar-refractivity contribution >= 4 is 35.0 Å². The molecule has 9 heteroatoms. The van der Waals surface area contributed by atoms with Gasteiger partial charge < -0.3 is 5.32 Å². The molecule has 0 fully saturated rings. The van der Waals surface area contributed by atoms with E-state index in [-0.39, 0.29) is 11.3 Å². The number of benzene rings is 3. The zero-order valence-corrected chi connectivity index (χ0v) is 19.3. The van der Waals surface area contributed by atoms with Gasteiger partial charge in [-0.1, -0.05) is 60.7 Å². The van der Waals surface area contributed by atoms with Crippen LogP contribution in [-0.4, -0.2) is 34.2 Å². The summed E-state index contributed by atoms with van der Waals surface area (Å²) in [7, 11) is 0. The molecule has 34 heavy (non-hydrogen) atoms. The molecule has 0 radical (unpaired) electrons. The fourth-order valence-electron chi connectivity index (χ4n) is 2.99. The summed E-state index contributed by atoms with van der Waals surface area (Å²) in [5.74, 6) is 0.0363. The average Bonchev–Trinajstić information content (AvgIpc) is 2.87. The molecule has 0 bridgehead atoms. The number of hydrazone groups is 1. The molecule has 1 unspecified atom stereocenters. The molecule has 174 valence electrons. The number of rotatable bonds is 10. The zero-order chi connectivity index (χ0) is 24.3. The van der Waals surface area contributed by atoms with E-state index in [4.69, 9.17) is 0 Å². The second-order valence-electron chi connectivity index (χ2n) is 7.37. The van der Waals surface area contributed by atoms with Gasteiger partial charge in [0.2, 0.25) is 0 Å². The first kappa shape index (κ1) is 24.7. The maximum Gasteiger partial charge on any atom is 0.269 e. The summed E-state index contributed by atoms with van der Waals surface area (Å²) in [5, 5.41) is 17.7. The molecule has 3 aromatic rings. The number of nitro benzene ring substituents is 1. The third kappa shape index (κ3) is 7.28. The molecular formula is C25H24N4O4S. The fraction of sp³-hybridized carbons (Fsp3) is 0.160. The van der Waals surface area contributed by atoms with E-state index in [0.29, 0.717) is 17.2 Å². The normalized spacial score (nSPS) is 12.0. The van der Waals surface area contributed by atoms with Crippen LogP contribution >= 0.6 is 11.8 Å². The van der Waals surface area contributed by atoms with E-state index in [2.05, 4.69) is 15.8 Å². The summed E-state index contributed by atoms with van der Waals surface area (Å²) in [4.78, 5) is 35.9. The van der Waals surface area contributed by atoms with E-state index in [0.717, 1.165) is 11.1 Å². The third-order valence-electron chi connectivity index (χ3n) is 4.88. The highest BCUT2D eigenvalue weighted by molar-refractivity contribution is 7.98. The molecule has 8 nitrogen and oxygen atoms in total. The van der Waals surface area contributed by atoms with E-state index in [9.17, 15) is 19.7 Å². The highest BCUT2D eigenvalue weighted by Gasteiger charge is 2.22. The number of carbonyl (C=O) groups is 2. The lowest BCUT2D eigenvalue weighted by atomic mass is 10.1. The Hall–Kier alpha value is -3.98. The van der Waals surface area contributed by atoms with E-state index in [1.807, 2.05) is 60.7 Å². The van der Waals surface area contributed by atoms with Crippen molar-refractivity contribution in [3.05, 3.63) is 112 Å². The second-order valence-corrected chi connectivity index (χ2v) is 8.40. The van der Waals surface area contributed by atoms with Crippen molar-refractivity contribution in [2.75, 3.05) is 5.75 Å². The van der Waals surface area contributed by atoms with Crippen LogP contribution in [0.15, 0.2) is 90.0 Å². The Morgan fingerprint density at radius 1 is 0.941 bits per heavy atom. The molecule has 0 heterocycles. The molecule has 0 saturated heterocycles. The van der Waals surface area contributed by atoms with Crippen molar-refractivity contribution in [3.8, 4) is 0 Å². The van der Waals surface area contributed by atoms with Crippen LogP contribution in [0.1, 0.15) is 28.4 Å². The van der Waals surface area contributed by atoms with Gasteiger partial charge in [0.1, 0.15) is 6.04 Å². The van der Waals surface area contributed by atoms with E-state index in [1.165, 1.54) is 36.0 Å². The molecule has 3 aromatic carbocycles. The van der Waals surface area contributed by atoms with Crippen LogP contribution < -0.4 is 10.7 Å². The van der Waals surface area contributed by atoms with Crippen LogP contribution in [-0.2, 0) is 10.5 Å². The van der Waals surface area contributed by atoms with E-state index < -0.39 is 22.8 Å². The summed E-state index contributed by atoms with van der Waals surface area (Å²) in [6.07, 6.45) is 0. The first-order valence-corrected chi connectivity index (χ1v) is 11.7. The van der Waals surface area contributed by atoms with Gasteiger partial charge in [-0.2, -0.15) is 16.9 Å². The van der Waals surface area contributed by atoms with Crippen LogP contribution in [0.25, 0.3) is 0 Å². The van der Waals surface area contributed by atoms with Gasteiger partial charge in [0, 0.05) is 29.2 Å². The maximum atomic E-state index is 12.9. The summed E-state index contributed by atoms with van der Waals surface area (Å²) in [6, 6.07) is 23.6. The van der Waals surface area contributed by atoms with Gasteiger partial charge in [0.15, 0.2) is 0 Å². The predicted molar refractivity (Wildman–Crippen MR) is 134 cm³/mol. The van der Waals surface area contributed by atoms with Gasteiger partial charge in [-0.3, -0.25) is 19.7 Å². The van der Waals surface area contributed by atoms with Gasteiger partial charge in [-0.05, 0) is 30.2 Å². The maximum absolute atomic E-state index is 12.9. The number of non-ortho nitro benzene ring substituents is 1. The van der Waals surface area contributed by atoms with Crippen molar-refractivity contribution < 1.29 is 14.5 Å². The Labute approximate surface area is 201 Å². The molecule has 0 aliphatic carbocycles. The SMILES string of the molecule is CC(=NNC(=O)C(CSCc1ccccc1)NC(=O)c1ccc([N+](=O)[O-])cc1)c1ccccc1. The molecule has 0 aliphatic rings. The summed E-state index contributed by atoms with van der Waals surface area (Å²) in [5.41, 5.74) is 5.25. The summed E-state index contributed by atoms with van der Waals surface area (Å²) in [6.45, 7) is 1.78. The number of carbonyl (C=O) groups excluding carboxylic acids is 2. The molecule has 0 aliphatic heterocycles. The first-order chi connectivity index (χ1) is 16.4. The monoisotopic (exact) mass is 476 g/mol. The Morgan fingerprint density at radius 3 is 2.18 bits per heavy atom. The standard InChI is InChI=1S/C25H24N4O4S/c1-18(20-10-6-3-7-11-20)27-28-25(31)23(17-34-16-19-8-4-2-5-9-19)26-24(30)21-12-14-22(15-13-21)29(32)33/h2-15,23H,16-17H2,1H3,(H,26,30)(H,28,31). The molecule has 3 rings (SSSR count). The zero-order valence-electron chi connectivity index (χ0n) is 18.5. The lowest BCUT2D eigenvalue weighted by Crippen LogP contribution is -2.47. The number of nitro groups is 1. The quantitative estimate of drug-likeness (QED) is 0.259.